The van der Waals surface area contributed by atoms with Crippen LogP contribution in [-0.4, -0.2) is 19.1 Å². The summed E-state index contributed by atoms with van der Waals surface area (Å²) in [6.07, 6.45) is 0.351. The van der Waals surface area contributed by atoms with Crippen molar-refractivity contribution in [1.29, 1.82) is 0 Å². The summed E-state index contributed by atoms with van der Waals surface area (Å²) in [5.74, 6) is 0.777. The van der Waals surface area contributed by atoms with Gasteiger partial charge in [0.15, 0.2) is 0 Å². The summed E-state index contributed by atoms with van der Waals surface area (Å²) < 4.78 is 5.50. The molecule has 0 saturated heterocycles. The fourth-order valence-corrected chi connectivity index (χ4v) is 2.32. The molecule has 0 aliphatic heterocycles. The minimum Gasteiger partial charge on any atom is -0.493 e. The van der Waals surface area contributed by atoms with Gasteiger partial charge in [-0.3, -0.25) is 4.79 Å². The van der Waals surface area contributed by atoms with Gasteiger partial charge in [0.25, 0.3) is 0 Å². The summed E-state index contributed by atoms with van der Waals surface area (Å²) in [5.41, 5.74) is 1.15. The molecular formula is C17H18BrNO2. The van der Waals surface area contributed by atoms with Crippen LogP contribution in [0.1, 0.15) is 16.8 Å². The van der Waals surface area contributed by atoms with Crippen molar-refractivity contribution in [3.05, 3.63) is 66.2 Å². The Morgan fingerprint density at radius 2 is 1.67 bits per heavy atom. The maximum Gasteiger partial charge on any atom is 0.223 e. The van der Waals surface area contributed by atoms with E-state index in [9.17, 15) is 4.79 Å². The number of hydrogen-bond donors (Lipinski definition) is 1. The van der Waals surface area contributed by atoms with E-state index in [2.05, 4.69) is 21.2 Å². The Bertz CT molecular complexity index is 545. The maximum absolute atomic E-state index is 11.8. The summed E-state index contributed by atoms with van der Waals surface area (Å²) >= 11 is 3.57. The van der Waals surface area contributed by atoms with Crippen LogP contribution >= 0.6 is 15.9 Å². The first kappa shape index (κ1) is 15.6. The highest BCUT2D eigenvalue weighted by molar-refractivity contribution is 9.09. The Morgan fingerprint density at radius 3 is 2.33 bits per heavy atom. The molecule has 0 aromatic heterocycles. The first-order valence-corrected chi connectivity index (χ1v) is 7.81. The molecule has 3 nitrogen and oxygen atoms in total. The van der Waals surface area contributed by atoms with Gasteiger partial charge in [0.05, 0.1) is 17.9 Å². The number of halogens is 1. The van der Waals surface area contributed by atoms with Gasteiger partial charge in [0.2, 0.25) is 5.91 Å². The first-order valence-electron chi connectivity index (χ1n) is 6.89. The molecule has 0 spiro atoms. The third-order valence-electron chi connectivity index (χ3n) is 2.98. The van der Waals surface area contributed by atoms with Crippen molar-refractivity contribution in [2.75, 3.05) is 13.2 Å². The zero-order valence-corrected chi connectivity index (χ0v) is 13.3. The molecule has 0 aliphatic rings. The molecule has 1 N–H and O–H groups in total. The van der Waals surface area contributed by atoms with Gasteiger partial charge in [-0.2, -0.15) is 0 Å². The predicted octanol–water partition coefficient (Wildman–Crippen LogP) is 3.71. The van der Waals surface area contributed by atoms with Crippen molar-refractivity contribution in [1.82, 2.24) is 5.32 Å². The summed E-state index contributed by atoms with van der Waals surface area (Å²) in [6.45, 7) is 0.947. The summed E-state index contributed by atoms with van der Waals surface area (Å²) in [5, 5.41) is 2.90. The Kier molecular flexibility index (Phi) is 6.28. The number of amides is 1. The molecule has 1 amide bonds. The van der Waals surface area contributed by atoms with Crippen LogP contribution in [0.2, 0.25) is 0 Å². The van der Waals surface area contributed by atoms with Crippen molar-refractivity contribution in [3.63, 3.8) is 0 Å². The van der Waals surface area contributed by atoms with Gasteiger partial charge >= 0.3 is 0 Å². The molecule has 0 saturated carbocycles. The van der Waals surface area contributed by atoms with Crippen LogP contribution in [0.3, 0.4) is 0 Å². The van der Waals surface area contributed by atoms with E-state index < -0.39 is 0 Å². The van der Waals surface area contributed by atoms with Crippen LogP contribution in [-0.2, 0) is 4.79 Å². The lowest BCUT2D eigenvalue weighted by Gasteiger charge is -2.12. The highest BCUT2D eigenvalue weighted by Gasteiger charge is 2.09. The molecule has 0 heterocycles. The summed E-state index contributed by atoms with van der Waals surface area (Å²) in [7, 11) is 0. The van der Waals surface area contributed by atoms with Crippen molar-refractivity contribution in [3.8, 4) is 5.75 Å². The average Bonchev–Trinajstić information content (AvgIpc) is 2.54. The largest absolute Gasteiger partial charge is 0.493 e. The van der Waals surface area contributed by atoms with Gasteiger partial charge < -0.3 is 10.1 Å². The van der Waals surface area contributed by atoms with Crippen LogP contribution in [0, 0.1) is 0 Å². The summed E-state index contributed by atoms with van der Waals surface area (Å²) in [6, 6.07) is 19.5. The molecule has 0 bridgehead atoms. The molecule has 2 aromatic rings. The molecule has 0 fully saturated rings. The number of para-hydroxylation sites is 1. The minimum atomic E-state index is -0.00804. The molecule has 2 aromatic carbocycles. The van der Waals surface area contributed by atoms with E-state index in [1.165, 1.54) is 0 Å². The van der Waals surface area contributed by atoms with E-state index in [0.29, 0.717) is 19.6 Å². The maximum atomic E-state index is 11.8. The number of rotatable bonds is 7. The monoisotopic (exact) mass is 347 g/mol. The molecule has 1 unspecified atom stereocenters. The molecule has 0 aliphatic carbocycles. The third-order valence-corrected chi connectivity index (χ3v) is 3.83. The van der Waals surface area contributed by atoms with Crippen LogP contribution in [0.4, 0.5) is 0 Å². The Balaban J connectivity index is 1.66. The van der Waals surface area contributed by atoms with E-state index in [0.717, 1.165) is 11.3 Å². The SMILES string of the molecule is O=C(CCOc1ccccc1)NCC(Br)c1ccccc1. The van der Waals surface area contributed by atoms with Gasteiger partial charge in [0.1, 0.15) is 5.75 Å². The topological polar surface area (TPSA) is 38.3 Å². The lowest BCUT2D eigenvalue weighted by Crippen LogP contribution is -2.27. The molecule has 110 valence electrons. The van der Waals surface area contributed by atoms with Crippen LogP contribution < -0.4 is 10.1 Å². The fourth-order valence-electron chi connectivity index (χ4n) is 1.85. The third kappa shape index (κ3) is 5.60. The standard InChI is InChI=1S/C17H18BrNO2/c18-16(14-7-3-1-4-8-14)13-19-17(20)11-12-21-15-9-5-2-6-10-15/h1-10,16H,11-13H2,(H,19,20). The smallest absolute Gasteiger partial charge is 0.223 e. The Hall–Kier alpha value is -1.81. The minimum absolute atomic E-state index is 0.00804. The Labute approximate surface area is 133 Å². The molecule has 2 rings (SSSR count). The molecular weight excluding hydrogens is 330 g/mol. The molecule has 21 heavy (non-hydrogen) atoms. The van der Waals surface area contributed by atoms with E-state index >= 15 is 0 Å². The Morgan fingerprint density at radius 1 is 1.05 bits per heavy atom. The van der Waals surface area contributed by atoms with Crippen LogP contribution in [0.25, 0.3) is 0 Å². The number of hydrogen-bond acceptors (Lipinski definition) is 2. The first-order chi connectivity index (χ1) is 10.3. The number of alkyl halides is 1. The van der Waals surface area contributed by atoms with Crippen LogP contribution in [0.5, 0.6) is 5.75 Å². The number of carbonyl (C=O) groups excluding carboxylic acids is 1. The van der Waals surface area contributed by atoms with Gasteiger partial charge in [-0.1, -0.05) is 64.5 Å². The second-order valence-corrected chi connectivity index (χ2v) is 5.70. The molecule has 1 atom stereocenters. The molecule has 0 radical (unpaired) electrons. The highest BCUT2D eigenvalue weighted by Crippen LogP contribution is 2.20. The second kappa shape index (κ2) is 8.47. The van der Waals surface area contributed by atoms with Crippen molar-refractivity contribution >= 4 is 21.8 Å². The van der Waals surface area contributed by atoms with Crippen molar-refractivity contribution < 1.29 is 9.53 Å². The average molecular weight is 348 g/mol. The second-order valence-electron chi connectivity index (χ2n) is 4.59. The number of ether oxygens (including phenoxy) is 1. The zero-order valence-electron chi connectivity index (χ0n) is 11.7. The van der Waals surface area contributed by atoms with Crippen LogP contribution in [0.15, 0.2) is 60.7 Å². The highest BCUT2D eigenvalue weighted by atomic mass is 79.9. The number of nitrogens with one attached hydrogen (secondary N) is 1. The zero-order chi connectivity index (χ0) is 14.9. The van der Waals surface area contributed by atoms with Crippen molar-refractivity contribution in [2.45, 2.75) is 11.2 Å². The van der Waals surface area contributed by atoms with Gasteiger partial charge in [-0.05, 0) is 17.7 Å². The number of benzene rings is 2. The van der Waals surface area contributed by atoms with E-state index in [4.69, 9.17) is 4.74 Å². The van der Waals surface area contributed by atoms with Gasteiger partial charge in [-0.25, -0.2) is 0 Å². The lowest BCUT2D eigenvalue weighted by molar-refractivity contribution is -0.121. The molecule has 4 heteroatoms. The van der Waals surface area contributed by atoms with Gasteiger partial charge in [0, 0.05) is 6.54 Å². The lowest BCUT2D eigenvalue weighted by atomic mass is 10.1. The predicted molar refractivity (Wildman–Crippen MR) is 87.7 cm³/mol. The van der Waals surface area contributed by atoms with Gasteiger partial charge in [-0.15, -0.1) is 0 Å². The normalized spacial score (nSPS) is 11.7. The quantitative estimate of drug-likeness (QED) is 0.775. The van der Waals surface area contributed by atoms with E-state index in [-0.39, 0.29) is 10.7 Å². The van der Waals surface area contributed by atoms with E-state index in [1.807, 2.05) is 60.7 Å². The van der Waals surface area contributed by atoms with E-state index in [1.54, 1.807) is 0 Å². The summed E-state index contributed by atoms with van der Waals surface area (Å²) in [4.78, 5) is 11.9. The fraction of sp³-hybridized carbons (Fsp3) is 0.235. The van der Waals surface area contributed by atoms with Crippen molar-refractivity contribution in [2.24, 2.45) is 0 Å². The number of carbonyl (C=O) groups is 1.